The molecule has 1 heterocycles. The lowest BCUT2D eigenvalue weighted by Gasteiger charge is -2.13. The first-order valence-electron chi connectivity index (χ1n) is 5.72. The molecule has 0 radical (unpaired) electrons. The van der Waals surface area contributed by atoms with Crippen molar-refractivity contribution in [3.05, 3.63) is 34.7 Å². The fourth-order valence-corrected chi connectivity index (χ4v) is 1.88. The Hall–Kier alpha value is -2.01. The van der Waals surface area contributed by atoms with Crippen LogP contribution < -0.4 is 15.8 Å². The van der Waals surface area contributed by atoms with Gasteiger partial charge in [0, 0.05) is 5.69 Å². The van der Waals surface area contributed by atoms with Crippen molar-refractivity contribution in [2.75, 3.05) is 18.2 Å². The summed E-state index contributed by atoms with van der Waals surface area (Å²) in [6.07, 6.45) is 0. The van der Waals surface area contributed by atoms with Crippen LogP contribution in [0.3, 0.4) is 0 Å². The molecule has 0 fully saturated rings. The molecule has 0 spiro atoms. The van der Waals surface area contributed by atoms with Crippen LogP contribution in [0.1, 0.15) is 11.3 Å². The Morgan fingerprint density at radius 2 is 2.00 bits per heavy atom. The van der Waals surface area contributed by atoms with Gasteiger partial charge in [-0.05, 0) is 49.2 Å². The Kier molecular flexibility index (Phi) is 3.76. The maximum Gasteiger partial charge on any atom is 0.224 e. The van der Waals surface area contributed by atoms with Crippen molar-refractivity contribution in [1.82, 2.24) is 9.97 Å². The molecule has 0 saturated carbocycles. The Morgan fingerprint density at radius 1 is 1.26 bits per heavy atom. The summed E-state index contributed by atoms with van der Waals surface area (Å²) in [5, 5.41) is 3.32. The van der Waals surface area contributed by atoms with Gasteiger partial charge in [-0.25, -0.2) is 4.98 Å². The summed E-state index contributed by atoms with van der Waals surface area (Å²) < 4.78 is 5.16. The molecule has 2 rings (SSSR count). The predicted octanol–water partition coefficient (Wildman–Crippen LogP) is 3.08. The first kappa shape index (κ1) is 13.4. The van der Waals surface area contributed by atoms with Crippen LogP contribution in [0.5, 0.6) is 5.75 Å². The van der Waals surface area contributed by atoms with E-state index in [1.165, 1.54) is 0 Å². The average molecular weight is 279 g/mol. The number of halogens is 1. The molecule has 0 aliphatic heterocycles. The second-order valence-electron chi connectivity index (χ2n) is 4.15. The topological polar surface area (TPSA) is 73.1 Å². The van der Waals surface area contributed by atoms with Crippen molar-refractivity contribution in [2.24, 2.45) is 0 Å². The number of nitrogens with two attached hydrogens (primary N) is 1. The van der Waals surface area contributed by atoms with E-state index in [-0.39, 0.29) is 5.28 Å². The number of methoxy groups -OCH3 is 1. The number of aryl methyl sites for hydroxylation is 2. The molecular weight excluding hydrogens is 264 g/mol. The van der Waals surface area contributed by atoms with Crippen LogP contribution in [-0.4, -0.2) is 17.1 Å². The van der Waals surface area contributed by atoms with Crippen LogP contribution in [0.4, 0.5) is 17.2 Å². The lowest BCUT2D eigenvalue weighted by molar-refractivity contribution is 0.414. The third-order valence-corrected chi connectivity index (χ3v) is 2.96. The van der Waals surface area contributed by atoms with E-state index < -0.39 is 0 Å². The van der Waals surface area contributed by atoms with Crippen molar-refractivity contribution in [3.63, 3.8) is 0 Å². The predicted molar refractivity (Wildman–Crippen MR) is 77.2 cm³/mol. The summed E-state index contributed by atoms with van der Waals surface area (Å²) in [7, 11) is 1.63. The maximum absolute atomic E-state index is 5.93. The summed E-state index contributed by atoms with van der Waals surface area (Å²) >= 11 is 5.84. The first-order valence-corrected chi connectivity index (χ1v) is 6.10. The largest absolute Gasteiger partial charge is 0.497 e. The zero-order chi connectivity index (χ0) is 14.0. The number of nitrogens with one attached hydrogen (secondary N) is 1. The third kappa shape index (κ3) is 2.88. The van der Waals surface area contributed by atoms with Crippen LogP contribution >= 0.6 is 11.6 Å². The van der Waals surface area contributed by atoms with Gasteiger partial charge in [0.05, 0.1) is 18.5 Å². The molecule has 5 nitrogen and oxygen atoms in total. The molecule has 0 saturated heterocycles. The van der Waals surface area contributed by atoms with Gasteiger partial charge in [0.2, 0.25) is 5.28 Å². The van der Waals surface area contributed by atoms with Crippen molar-refractivity contribution >= 4 is 28.8 Å². The Bertz CT molecular complexity index is 616. The summed E-state index contributed by atoms with van der Waals surface area (Å²) in [4.78, 5) is 8.09. The lowest BCUT2D eigenvalue weighted by Crippen LogP contribution is -2.04. The molecule has 3 N–H and O–H groups in total. The summed E-state index contributed by atoms with van der Waals surface area (Å²) in [6, 6.07) is 5.69. The van der Waals surface area contributed by atoms with E-state index >= 15 is 0 Å². The summed E-state index contributed by atoms with van der Waals surface area (Å²) in [6.45, 7) is 3.76. The molecule has 100 valence electrons. The fraction of sp³-hybridized carbons (Fsp3) is 0.231. The summed E-state index contributed by atoms with van der Waals surface area (Å²) in [5.41, 5.74) is 8.98. The Balaban J connectivity index is 2.36. The zero-order valence-electron chi connectivity index (χ0n) is 11.0. The minimum Gasteiger partial charge on any atom is -0.497 e. The molecular formula is C13H15ClN4O. The standard InChI is InChI=1S/C13H15ClN4O/c1-7-6-9(19-3)4-5-10(7)17-12-11(15)8(2)16-13(14)18-12/h4-6H,15H2,1-3H3,(H,16,17,18). The van der Waals surface area contributed by atoms with Crippen LogP contribution in [-0.2, 0) is 0 Å². The van der Waals surface area contributed by atoms with Crippen molar-refractivity contribution in [3.8, 4) is 5.75 Å². The van der Waals surface area contributed by atoms with E-state index in [4.69, 9.17) is 22.1 Å². The number of hydrogen-bond acceptors (Lipinski definition) is 5. The lowest BCUT2D eigenvalue weighted by atomic mass is 10.2. The van der Waals surface area contributed by atoms with Crippen LogP contribution in [0, 0.1) is 13.8 Å². The molecule has 0 aliphatic carbocycles. The quantitative estimate of drug-likeness (QED) is 0.844. The molecule has 0 aliphatic rings. The highest BCUT2D eigenvalue weighted by Gasteiger charge is 2.09. The van der Waals surface area contributed by atoms with Gasteiger partial charge in [0.15, 0.2) is 5.82 Å². The van der Waals surface area contributed by atoms with E-state index in [9.17, 15) is 0 Å². The number of anilines is 3. The molecule has 19 heavy (non-hydrogen) atoms. The van der Waals surface area contributed by atoms with Gasteiger partial charge in [0.1, 0.15) is 5.75 Å². The van der Waals surface area contributed by atoms with Gasteiger partial charge < -0.3 is 15.8 Å². The molecule has 6 heteroatoms. The normalized spacial score (nSPS) is 10.3. The van der Waals surface area contributed by atoms with Gasteiger partial charge >= 0.3 is 0 Å². The van der Waals surface area contributed by atoms with Gasteiger partial charge in [-0.2, -0.15) is 4.98 Å². The Morgan fingerprint density at radius 3 is 2.63 bits per heavy atom. The Labute approximate surface area is 116 Å². The number of ether oxygens (including phenoxy) is 1. The number of rotatable bonds is 3. The van der Waals surface area contributed by atoms with Gasteiger partial charge in [0.25, 0.3) is 0 Å². The number of benzene rings is 1. The maximum atomic E-state index is 5.93. The smallest absolute Gasteiger partial charge is 0.224 e. The number of nitrogens with zero attached hydrogens (tertiary/aromatic N) is 2. The van der Waals surface area contributed by atoms with E-state index in [2.05, 4.69) is 15.3 Å². The van der Waals surface area contributed by atoms with Crippen molar-refractivity contribution in [2.45, 2.75) is 13.8 Å². The molecule has 0 amide bonds. The average Bonchev–Trinajstić information content (AvgIpc) is 2.37. The van der Waals surface area contributed by atoms with Gasteiger partial charge in [-0.15, -0.1) is 0 Å². The van der Waals surface area contributed by atoms with Gasteiger partial charge in [-0.3, -0.25) is 0 Å². The van der Waals surface area contributed by atoms with Crippen molar-refractivity contribution < 1.29 is 4.74 Å². The third-order valence-electron chi connectivity index (χ3n) is 2.80. The van der Waals surface area contributed by atoms with E-state index in [1.807, 2.05) is 25.1 Å². The fourth-order valence-electron chi connectivity index (χ4n) is 1.67. The van der Waals surface area contributed by atoms with E-state index in [0.29, 0.717) is 17.2 Å². The molecule has 1 aromatic heterocycles. The number of aromatic nitrogens is 2. The van der Waals surface area contributed by atoms with Crippen LogP contribution in [0.25, 0.3) is 0 Å². The second-order valence-corrected chi connectivity index (χ2v) is 4.48. The highest BCUT2D eigenvalue weighted by atomic mass is 35.5. The van der Waals surface area contributed by atoms with Crippen LogP contribution in [0.15, 0.2) is 18.2 Å². The minimum absolute atomic E-state index is 0.167. The summed E-state index contributed by atoms with van der Waals surface area (Å²) in [5.74, 6) is 1.30. The van der Waals surface area contributed by atoms with Gasteiger partial charge in [-0.1, -0.05) is 0 Å². The molecule has 2 aromatic rings. The second kappa shape index (κ2) is 5.32. The SMILES string of the molecule is COc1ccc(Nc2nc(Cl)nc(C)c2N)c(C)c1. The van der Waals surface area contributed by atoms with E-state index in [1.54, 1.807) is 14.0 Å². The highest BCUT2D eigenvalue weighted by molar-refractivity contribution is 6.28. The number of hydrogen-bond donors (Lipinski definition) is 2. The molecule has 0 unspecified atom stereocenters. The molecule has 0 atom stereocenters. The van der Waals surface area contributed by atoms with Crippen molar-refractivity contribution in [1.29, 1.82) is 0 Å². The molecule has 0 bridgehead atoms. The van der Waals surface area contributed by atoms with Crippen LogP contribution in [0.2, 0.25) is 5.28 Å². The number of nitrogen functional groups attached to an aromatic ring is 1. The minimum atomic E-state index is 0.167. The monoisotopic (exact) mass is 278 g/mol. The zero-order valence-corrected chi connectivity index (χ0v) is 11.7. The first-order chi connectivity index (χ1) is 9.01. The molecule has 1 aromatic carbocycles. The highest BCUT2D eigenvalue weighted by Crippen LogP contribution is 2.28. The van der Waals surface area contributed by atoms with E-state index in [0.717, 1.165) is 17.0 Å².